The van der Waals surface area contributed by atoms with Crippen molar-refractivity contribution in [2.24, 2.45) is 0 Å². The Morgan fingerprint density at radius 2 is 1.81 bits per heavy atom. The van der Waals surface area contributed by atoms with Gasteiger partial charge in [-0.15, -0.1) is 0 Å². The molecule has 0 saturated heterocycles. The highest BCUT2D eigenvalue weighted by Crippen LogP contribution is 2.33. The zero-order valence-electron chi connectivity index (χ0n) is 14.6. The van der Waals surface area contributed by atoms with Crippen LogP contribution in [0.3, 0.4) is 0 Å². The number of phenols is 1. The van der Waals surface area contributed by atoms with Gasteiger partial charge in [-0.25, -0.2) is 4.79 Å². The number of aromatic hydroxyl groups is 1. The molecule has 3 aromatic rings. The van der Waals surface area contributed by atoms with Crippen molar-refractivity contribution in [1.82, 2.24) is 0 Å². The van der Waals surface area contributed by atoms with E-state index < -0.39 is 5.97 Å². The summed E-state index contributed by atoms with van der Waals surface area (Å²) in [5, 5.41) is 19.2. The number of hydrogen-bond donors (Lipinski definition) is 3. The van der Waals surface area contributed by atoms with Crippen LogP contribution in [0.25, 0.3) is 11.1 Å². The Kier molecular flexibility index (Phi) is 5.00. The van der Waals surface area contributed by atoms with E-state index in [2.05, 4.69) is 11.8 Å². The fourth-order valence-corrected chi connectivity index (χ4v) is 2.74. The van der Waals surface area contributed by atoms with Crippen molar-refractivity contribution < 1.29 is 19.7 Å². The zero-order valence-corrected chi connectivity index (χ0v) is 14.6. The molecule has 0 saturated carbocycles. The molecular formula is C22H17NO4. The van der Waals surface area contributed by atoms with Gasteiger partial charge in [0.2, 0.25) is 0 Å². The maximum Gasteiger partial charge on any atom is 0.336 e. The first kappa shape index (κ1) is 17.9. The number of aromatic carboxylic acids is 1. The second kappa shape index (κ2) is 7.54. The van der Waals surface area contributed by atoms with Crippen molar-refractivity contribution in [3.63, 3.8) is 0 Å². The number of carboxylic acids is 1. The third-order valence-electron chi connectivity index (χ3n) is 4.00. The average molecular weight is 359 g/mol. The van der Waals surface area contributed by atoms with Crippen LogP contribution < -0.4 is 10.5 Å². The first-order chi connectivity index (χ1) is 13.0. The summed E-state index contributed by atoms with van der Waals surface area (Å²) in [6, 6.07) is 16.6. The molecule has 0 heterocycles. The number of nitrogen functional groups attached to an aromatic ring is 1. The van der Waals surface area contributed by atoms with E-state index in [1.165, 1.54) is 13.2 Å². The minimum atomic E-state index is -1.05. The summed E-state index contributed by atoms with van der Waals surface area (Å²) in [5.74, 6) is 5.48. The molecule has 0 unspecified atom stereocenters. The minimum Gasteiger partial charge on any atom is -0.508 e. The van der Waals surface area contributed by atoms with Gasteiger partial charge in [-0.2, -0.15) is 0 Å². The molecule has 5 nitrogen and oxygen atoms in total. The van der Waals surface area contributed by atoms with E-state index in [9.17, 15) is 15.0 Å². The Morgan fingerprint density at radius 1 is 1.04 bits per heavy atom. The largest absolute Gasteiger partial charge is 0.508 e. The minimum absolute atomic E-state index is 0.115. The van der Waals surface area contributed by atoms with Crippen molar-refractivity contribution in [2.45, 2.75) is 0 Å². The molecule has 134 valence electrons. The molecular weight excluding hydrogens is 342 g/mol. The number of hydrogen-bond acceptors (Lipinski definition) is 4. The lowest BCUT2D eigenvalue weighted by molar-refractivity contribution is 0.0697. The van der Waals surface area contributed by atoms with Gasteiger partial charge in [0.25, 0.3) is 0 Å². The van der Waals surface area contributed by atoms with Gasteiger partial charge < -0.3 is 20.7 Å². The number of methoxy groups -OCH3 is 1. The monoisotopic (exact) mass is 359 g/mol. The summed E-state index contributed by atoms with van der Waals surface area (Å²) in [4.78, 5) is 11.8. The van der Waals surface area contributed by atoms with Gasteiger partial charge in [0.05, 0.1) is 18.4 Å². The molecule has 0 radical (unpaired) electrons. The van der Waals surface area contributed by atoms with Gasteiger partial charge >= 0.3 is 5.97 Å². The van der Waals surface area contributed by atoms with E-state index in [1.54, 1.807) is 54.6 Å². The second-order valence-electron chi connectivity index (χ2n) is 5.79. The van der Waals surface area contributed by atoms with E-state index in [0.717, 1.165) is 0 Å². The third-order valence-corrected chi connectivity index (χ3v) is 4.00. The highest BCUT2D eigenvalue weighted by molar-refractivity contribution is 5.98. The van der Waals surface area contributed by atoms with Crippen molar-refractivity contribution >= 4 is 11.7 Å². The number of anilines is 1. The summed E-state index contributed by atoms with van der Waals surface area (Å²) in [5.41, 5.74) is 8.75. The topological polar surface area (TPSA) is 92.8 Å². The first-order valence-electron chi connectivity index (χ1n) is 8.11. The molecule has 0 aliphatic rings. The number of rotatable bonds is 3. The van der Waals surface area contributed by atoms with E-state index in [-0.39, 0.29) is 11.3 Å². The maximum atomic E-state index is 11.8. The van der Waals surface area contributed by atoms with Crippen molar-refractivity contribution in [1.29, 1.82) is 0 Å². The van der Waals surface area contributed by atoms with Crippen LogP contribution in [0.5, 0.6) is 11.5 Å². The number of phenolic OH excluding ortho intramolecular Hbond substituents is 1. The van der Waals surface area contributed by atoms with Crippen LogP contribution in [-0.2, 0) is 0 Å². The Morgan fingerprint density at radius 3 is 2.52 bits per heavy atom. The number of carboxylic acid groups (broad SMARTS) is 1. The molecule has 27 heavy (non-hydrogen) atoms. The Hall–Kier alpha value is -3.91. The quantitative estimate of drug-likeness (QED) is 0.489. The van der Waals surface area contributed by atoms with Crippen LogP contribution in [0.15, 0.2) is 60.7 Å². The number of carbonyl (C=O) groups is 1. The first-order valence-corrected chi connectivity index (χ1v) is 8.11. The second-order valence-corrected chi connectivity index (χ2v) is 5.79. The lowest BCUT2D eigenvalue weighted by Gasteiger charge is -2.12. The third kappa shape index (κ3) is 3.86. The van der Waals surface area contributed by atoms with Crippen LogP contribution >= 0.6 is 0 Å². The fraction of sp³-hybridized carbons (Fsp3) is 0.0455. The summed E-state index contributed by atoms with van der Waals surface area (Å²) in [7, 11) is 1.50. The van der Waals surface area contributed by atoms with Crippen LogP contribution in [0.4, 0.5) is 5.69 Å². The normalized spacial score (nSPS) is 9.96. The van der Waals surface area contributed by atoms with E-state index >= 15 is 0 Å². The molecule has 0 bridgehead atoms. The molecule has 0 amide bonds. The smallest absolute Gasteiger partial charge is 0.336 e. The summed E-state index contributed by atoms with van der Waals surface area (Å²) in [6.45, 7) is 0. The van der Waals surface area contributed by atoms with Crippen LogP contribution in [0.2, 0.25) is 0 Å². The molecule has 0 aliphatic heterocycles. The number of nitrogens with two attached hydrogens (primary N) is 1. The lowest BCUT2D eigenvalue weighted by Crippen LogP contribution is -2.02. The van der Waals surface area contributed by atoms with Crippen molar-refractivity contribution in [2.75, 3.05) is 12.8 Å². The predicted octanol–water partition coefficient (Wildman–Crippen LogP) is 3.75. The highest BCUT2D eigenvalue weighted by atomic mass is 16.5. The highest BCUT2D eigenvalue weighted by Gasteiger charge is 2.16. The standard InChI is InChI=1S/C22H17NO4/c1-27-20-13-16(10-11-19(20)23)21-15(5-3-7-18(21)22(25)26)9-8-14-4-2-6-17(24)12-14/h2-7,10-13,24H,23H2,1H3,(H,25,26). The Labute approximate surface area is 156 Å². The molecule has 0 aromatic heterocycles. The maximum absolute atomic E-state index is 11.8. The fourth-order valence-electron chi connectivity index (χ4n) is 2.74. The molecule has 0 atom stereocenters. The number of benzene rings is 3. The van der Waals surface area contributed by atoms with Gasteiger partial charge in [-0.1, -0.05) is 30.0 Å². The molecule has 3 rings (SSSR count). The zero-order chi connectivity index (χ0) is 19.4. The van der Waals surface area contributed by atoms with E-state index in [1.807, 2.05) is 0 Å². The van der Waals surface area contributed by atoms with Crippen LogP contribution in [-0.4, -0.2) is 23.3 Å². The van der Waals surface area contributed by atoms with Gasteiger partial charge in [0.1, 0.15) is 11.5 Å². The van der Waals surface area contributed by atoms with E-state index in [4.69, 9.17) is 10.5 Å². The van der Waals surface area contributed by atoms with Gasteiger partial charge in [-0.3, -0.25) is 0 Å². The Balaban J connectivity index is 2.19. The molecule has 0 aliphatic carbocycles. The molecule has 0 spiro atoms. The lowest BCUT2D eigenvalue weighted by atomic mass is 9.94. The molecule has 3 aromatic carbocycles. The predicted molar refractivity (Wildman–Crippen MR) is 104 cm³/mol. The molecule has 0 fully saturated rings. The van der Waals surface area contributed by atoms with Crippen LogP contribution in [0, 0.1) is 11.8 Å². The Bertz CT molecular complexity index is 1080. The number of ether oxygens (including phenoxy) is 1. The average Bonchev–Trinajstić information content (AvgIpc) is 2.66. The molecule has 4 N–H and O–H groups in total. The van der Waals surface area contributed by atoms with Gasteiger partial charge in [0, 0.05) is 16.7 Å². The SMILES string of the molecule is COc1cc(-c2c(C#Cc3cccc(O)c3)cccc2C(=O)O)ccc1N. The summed E-state index contributed by atoms with van der Waals surface area (Å²) < 4.78 is 5.25. The van der Waals surface area contributed by atoms with Crippen LogP contribution in [0.1, 0.15) is 21.5 Å². The van der Waals surface area contributed by atoms with Crippen molar-refractivity contribution in [3.8, 4) is 34.5 Å². The summed E-state index contributed by atoms with van der Waals surface area (Å²) in [6.07, 6.45) is 0. The summed E-state index contributed by atoms with van der Waals surface area (Å²) >= 11 is 0. The molecule has 5 heteroatoms. The van der Waals surface area contributed by atoms with Gasteiger partial charge in [-0.05, 0) is 48.0 Å². The van der Waals surface area contributed by atoms with Crippen molar-refractivity contribution in [3.05, 3.63) is 77.4 Å². The van der Waals surface area contributed by atoms with Gasteiger partial charge in [0.15, 0.2) is 0 Å². The van der Waals surface area contributed by atoms with E-state index in [0.29, 0.717) is 33.7 Å².